The van der Waals surface area contributed by atoms with Crippen LogP contribution in [0.4, 0.5) is 11.4 Å². The molecule has 2 N–H and O–H groups in total. The SMILES string of the molecule is CC[C@H](Oc1ccccc1)C(=O)Nc1ccccc1C(=O)Nc1ccccc1. The minimum Gasteiger partial charge on any atom is -0.481 e. The maximum absolute atomic E-state index is 12.7. The smallest absolute Gasteiger partial charge is 0.265 e. The molecule has 0 radical (unpaired) electrons. The van der Waals surface area contributed by atoms with E-state index >= 15 is 0 Å². The molecule has 142 valence electrons. The summed E-state index contributed by atoms with van der Waals surface area (Å²) in [5, 5.41) is 5.66. The van der Waals surface area contributed by atoms with Crippen LogP contribution in [0.1, 0.15) is 23.7 Å². The molecule has 0 spiro atoms. The van der Waals surface area contributed by atoms with Crippen molar-refractivity contribution >= 4 is 23.2 Å². The van der Waals surface area contributed by atoms with Crippen molar-refractivity contribution in [2.45, 2.75) is 19.4 Å². The van der Waals surface area contributed by atoms with Crippen molar-refractivity contribution < 1.29 is 14.3 Å². The Balaban J connectivity index is 1.73. The normalized spacial score (nSPS) is 11.3. The molecule has 0 aliphatic carbocycles. The lowest BCUT2D eigenvalue weighted by atomic mass is 10.1. The maximum atomic E-state index is 12.7. The van der Waals surface area contributed by atoms with Gasteiger partial charge in [-0.25, -0.2) is 0 Å². The van der Waals surface area contributed by atoms with E-state index < -0.39 is 6.10 Å². The van der Waals surface area contributed by atoms with Gasteiger partial charge < -0.3 is 15.4 Å². The largest absolute Gasteiger partial charge is 0.481 e. The monoisotopic (exact) mass is 374 g/mol. The van der Waals surface area contributed by atoms with Gasteiger partial charge in [0, 0.05) is 5.69 Å². The van der Waals surface area contributed by atoms with Gasteiger partial charge in [-0.1, -0.05) is 55.5 Å². The molecular weight excluding hydrogens is 352 g/mol. The summed E-state index contributed by atoms with van der Waals surface area (Å²) in [6.07, 6.45) is -0.160. The van der Waals surface area contributed by atoms with Crippen molar-refractivity contribution in [3.05, 3.63) is 90.5 Å². The Labute approximate surface area is 164 Å². The van der Waals surface area contributed by atoms with Crippen molar-refractivity contribution in [1.29, 1.82) is 0 Å². The van der Waals surface area contributed by atoms with Crippen LogP contribution < -0.4 is 15.4 Å². The van der Waals surface area contributed by atoms with Gasteiger partial charge in [-0.3, -0.25) is 9.59 Å². The molecule has 5 heteroatoms. The average molecular weight is 374 g/mol. The number of benzene rings is 3. The molecule has 0 fully saturated rings. The molecule has 0 unspecified atom stereocenters. The average Bonchev–Trinajstić information content (AvgIpc) is 2.73. The summed E-state index contributed by atoms with van der Waals surface area (Å²) in [6, 6.07) is 25.3. The quantitative estimate of drug-likeness (QED) is 0.628. The lowest BCUT2D eigenvalue weighted by molar-refractivity contribution is -0.122. The van der Waals surface area contributed by atoms with Gasteiger partial charge in [-0.15, -0.1) is 0 Å². The van der Waals surface area contributed by atoms with Crippen molar-refractivity contribution in [2.24, 2.45) is 0 Å². The predicted octanol–water partition coefficient (Wildman–Crippen LogP) is 4.74. The van der Waals surface area contributed by atoms with Gasteiger partial charge in [-0.05, 0) is 42.8 Å². The van der Waals surface area contributed by atoms with Gasteiger partial charge in [0.15, 0.2) is 6.10 Å². The van der Waals surface area contributed by atoms with Crippen LogP contribution in [-0.4, -0.2) is 17.9 Å². The van der Waals surface area contributed by atoms with Crippen LogP contribution in [0.25, 0.3) is 0 Å². The summed E-state index contributed by atoms with van der Waals surface area (Å²) >= 11 is 0. The summed E-state index contributed by atoms with van der Waals surface area (Å²) in [4.78, 5) is 25.4. The standard InChI is InChI=1S/C23H22N2O3/c1-2-21(28-18-13-7-4-8-14-18)23(27)25-20-16-10-9-15-19(20)22(26)24-17-11-5-3-6-12-17/h3-16,21H,2H2,1H3,(H,24,26)(H,25,27)/t21-/m0/s1. The zero-order valence-electron chi connectivity index (χ0n) is 15.6. The number of nitrogens with one attached hydrogen (secondary N) is 2. The van der Waals surface area contributed by atoms with Gasteiger partial charge in [0.2, 0.25) is 0 Å². The van der Waals surface area contributed by atoms with Crippen molar-refractivity contribution in [3.63, 3.8) is 0 Å². The number of para-hydroxylation sites is 3. The molecule has 0 aliphatic heterocycles. The number of rotatable bonds is 7. The maximum Gasteiger partial charge on any atom is 0.265 e. The second kappa shape index (κ2) is 9.37. The molecule has 3 aromatic carbocycles. The fraction of sp³-hybridized carbons (Fsp3) is 0.130. The molecule has 0 aromatic heterocycles. The Morgan fingerprint density at radius 3 is 2.11 bits per heavy atom. The third kappa shape index (κ3) is 4.98. The van der Waals surface area contributed by atoms with Crippen molar-refractivity contribution in [3.8, 4) is 5.75 Å². The van der Waals surface area contributed by atoms with E-state index in [4.69, 9.17) is 4.74 Å². The van der Waals surface area contributed by atoms with Crippen LogP contribution in [0, 0.1) is 0 Å². The summed E-state index contributed by atoms with van der Waals surface area (Å²) in [6.45, 7) is 1.88. The first-order valence-electron chi connectivity index (χ1n) is 9.15. The molecule has 0 aliphatic rings. The van der Waals surface area contributed by atoms with E-state index in [0.717, 1.165) is 0 Å². The first-order valence-corrected chi connectivity index (χ1v) is 9.15. The Bertz CT molecular complexity index is 927. The van der Waals surface area contributed by atoms with Crippen LogP contribution in [0.2, 0.25) is 0 Å². The fourth-order valence-corrected chi connectivity index (χ4v) is 2.71. The van der Waals surface area contributed by atoms with Crippen LogP contribution >= 0.6 is 0 Å². The third-order valence-corrected chi connectivity index (χ3v) is 4.15. The third-order valence-electron chi connectivity index (χ3n) is 4.15. The summed E-state index contributed by atoms with van der Waals surface area (Å²) < 4.78 is 5.78. The van der Waals surface area contributed by atoms with Gasteiger partial charge >= 0.3 is 0 Å². The Morgan fingerprint density at radius 2 is 1.43 bits per heavy atom. The van der Waals surface area contributed by atoms with Gasteiger partial charge in [0.25, 0.3) is 11.8 Å². The molecule has 3 aromatic rings. The van der Waals surface area contributed by atoms with E-state index in [2.05, 4.69) is 10.6 Å². The molecule has 5 nitrogen and oxygen atoms in total. The van der Waals surface area contributed by atoms with Crippen molar-refractivity contribution in [2.75, 3.05) is 10.6 Å². The molecule has 0 saturated heterocycles. The van der Waals surface area contributed by atoms with Gasteiger partial charge in [0.05, 0.1) is 11.3 Å². The number of amides is 2. The highest BCUT2D eigenvalue weighted by Crippen LogP contribution is 2.19. The van der Waals surface area contributed by atoms with E-state index in [1.165, 1.54) is 0 Å². The summed E-state index contributed by atoms with van der Waals surface area (Å²) in [5.41, 5.74) is 1.51. The van der Waals surface area contributed by atoms with E-state index in [9.17, 15) is 9.59 Å². The molecule has 28 heavy (non-hydrogen) atoms. The number of hydrogen-bond acceptors (Lipinski definition) is 3. The molecule has 0 heterocycles. The van der Waals surface area contributed by atoms with E-state index in [0.29, 0.717) is 29.1 Å². The number of carbonyl (C=O) groups is 2. The minimum absolute atomic E-state index is 0.292. The molecular formula is C23H22N2O3. The molecule has 2 amide bonds. The molecule has 1 atom stereocenters. The summed E-state index contributed by atoms with van der Waals surface area (Å²) in [7, 11) is 0. The lowest BCUT2D eigenvalue weighted by Crippen LogP contribution is -2.33. The van der Waals surface area contributed by atoms with Crippen LogP contribution in [0.3, 0.4) is 0 Å². The second-order valence-corrected chi connectivity index (χ2v) is 6.18. The zero-order chi connectivity index (χ0) is 19.8. The highest BCUT2D eigenvalue weighted by atomic mass is 16.5. The number of ether oxygens (including phenoxy) is 1. The Hall–Kier alpha value is -3.60. The van der Waals surface area contributed by atoms with E-state index in [1.807, 2.05) is 43.3 Å². The van der Waals surface area contributed by atoms with E-state index in [1.54, 1.807) is 48.5 Å². The zero-order valence-corrected chi connectivity index (χ0v) is 15.6. The fourth-order valence-electron chi connectivity index (χ4n) is 2.71. The Kier molecular flexibility index (Phi) is 6.41. The molecule has 0 saturated carbocycles. The topological polar surface area (TPSA) is 67.4 Å². The van der Waals surface area contributed by atoms with Crippen LogP contribution in [-0.2, 0) is 4.79 Å². The van der Waals surface area contributed by atoms with Gasteiger partial charge in [-0.2, -0.15) is 0 Å². The predicted molar refractivity (Wildman–Crippen MR) is 111 cm³/mol. The number of anilines is 2. The molecule has 0 bridgehead atoms. The highest BCUT2D eigenvalue weighted by molar-refractivity contribution is 6.10. The summed E-state index contributed by atoms with van der Waals surface area (Å²) in [5.74, 6) is 0.0325. The van der Waals surface area contributed by atoms with Crippen LogP contribution in [0.15, 0.2) is 84.9 Å². The first kappa shape index (κ1) is 19.2. The lowest BCUT2D eigenvalue weighted by Gasteiger charge is -2.18. The second-order valence-electron chi connectivity index (χ2n) is 6.18. The Morgan fingerprint density at radius 1 is 0.821 bits per heavy atom. The van der Waals surface area contributed by atoms with Crippen LogP contribution in [0.5, 0.6) is 5.75 Å². The highest BCUT2D eigenvalue weighted by Gasteiger charge is 2.21. The van der Waals surface area contributed by atoms with E-state index in [-0.39, 0.29) is 11.8 Å². The van der Waals surface area contributed by atoms with Gasteiger partial charge in [0.1, 0.15) is 5.75 Å². The van der Waals surface area contributed by atoms with Crippen molar-refractivity contribution in [1.82, 2.24) is 0 Å². The first-order chi connectivity index (χ1) is 13.7. The number of hydrogen-bond donors (Lipinski definition) is 2. The minimum atomic E-state index is -0.660. The number of carbonyl (C=O) groups excluding carboxylic acids is 2. The molecule has 3 rings (SSSR count).